The molecule has 0 radical (unpaired) electrons. The number of nitrogens with zero attached hydrogens (tertiary/aromatic N) is 3. The van der Waals surface area contributed by atoms with E-state index in [-0.39, 0.29) is 29.4 Å². The number of amides is 1. The molecule has 3 heterocycles. The highest BCUT2D eigenvalue weighted by Crippen LogP contribution is 2.31. The molecule has 0 bridgehead atoms. The van der Waals surface area contributed by atoms with E-state index in [0.717, 1.165) is 13.1 Å². The second-order valence-corrected chi connectivity index (χ2v) is 6.77. The highest BCUT2D eigenvalue weighted by atomic mass is 16.3. The van der Waals surface area contributed by atoms with Gasteiger partial charge in [0.05, 0.1) is 12.1 Å². The third kappa shape index (κ3) is 2.35. The molecule has 1 fully saturated rings. The van der Waals surface area contributed by atoms with Crippen LogP contribution < -0.4 is 5.43 Å². The van der Waals surface area contributed by atoms with Crippen molar-refractivity contribution in [3.8, 4) is 5.75 Å². The summed E-state index contributed by atoms with van der Waals surface area (Å²) in [5.74, 6) is -0.522. The molecule has 7 nitrogen and oxygen atoms in total. The quantitative estimate of drug-likeness (QED) is 0.821. The molecule has 2 atom stereocenters. The lowest BCUT2D eigenvalue weighted by Gasteiger charge is -2.37. The first-order valence-corrected chi connectivity index (χ1v) is 7.83. The van der Waals surface area contributed by atoms with E-state index in [4.69, 9.17) is 0 Å². The average molecular weight is 319 g/mol. The average Bonchev–Trinajstić information content (AvgIpc) is 2.78. The normalized spacial score (nSPS) is 24.0. The lowest BCUT2D eigenvalue weighted by atomic mass is 10.1. The monoisotopic (exact) mass is 319 g/mol. The van der Waals surface area contributed by atoms with E-state index in [0.29, 0.717) is 18.7 Å². The van der Waals surface area contributed by atoms with E-state index in [1.807, 2.05) is 6.92 Å². The van der Waals surface area contributed by atoms with Crippen molar-refractivity contribution >= 4 is 12.2 Å². The Morgan fingerprint density at radius 3 is 2.65 bits per heavy atom. The van der Waals surface area contributed by atoms with Crippen LogP contribution in [0.25, 0.3) is 0 Å². The highest BCUT2D eigenvalue weighted by Gasteiger charge is 2.45. The number of hydrogen-bond donors (Lipinski definition) is 1. The summed E-state index contributed by atoms with van der Waals surface area (Å²) in [5, 5.41) is 10.1. The van der Waals surface area contributed by atoms with Gasteiger partial charge in [0.2, 0.25) is 5.43 Å². The first-order valence-electron chi connectivity index (χ1n) is 7.83. The topological polar surface area (TPSA) is 82.8 Å². The van der Waals surface area contributed by atoms with Crippen LogP contribution in [0.1, 0.15) is 41.6 Å². The number of fused-ring (bicyclic) bond motifs is 2. The van der Waals surface area contributed by atoms with Gasteiger partial charge in [-0.2, -0.15) is 0 Å². The summed E-state index contributed by atoms with van der Waals surface area (Å²) >= 11 is 0. The van der Waals surface area contributed by atoms with Crippen molar-refractivity contribution in [3.05, 3.63) is 27.7 Å². The first kappa shape index (κ1) is 15.7. The fourth-order valence-electron chi connectivity index (χ4n) is 3.64. The van der Waals surface area contributed by atoms with Crippen molar-refractivity contribution in [1.82, 2.24) is 14.4 Å². The molecule has 23 heavy (non-hydrogen) atoms. The predicted octanol–water partition coefficient (Wildman–Crippen LogP) is 0.508. The third-order valence-corrected chi connectivity index (χ3v) is 4.52. The number of hydrogen-bond acceptors (Lipinski definition) is 5. The Kier molecular flexibility index (Phi) is 3.75. The number of aromatic nitrogens is 1. The lowest BCUT2D eigenvalue weighted by Crippen LogP contribution is -2.52. The SMILES string of the molecule is CC(C)CN1C[C@@H](C)N2C(=O)c3c(O)c(=O)c(C=O)cn3CC12. The highest BCUT2D eigenvalue weighted by molar-refractivity contribution is 5.97. The van der Waals surface area contributed by atoms with Crippen LogP contribution in [0.15, 0.2) is 11.0 Å². The maximum absolute atomic E-state index is 12.8. The summed E-state index contributed by atoms with van der Waals surface area (Å²) in [6, 6.07) is 0.0141. The molecule has 0 saturated carbocycles. The molecular formula is C16H21N3O4. The van der Waals surface area contributed by atoms with E-state index in [1.54, 1.807) is 4.90 Å². The van der Waals surface area contributed by atoms with Gasteiger partial charge < -0.3 is 14.6 Å². The molecule has 1 amide bonds. The van der Waals surface area contributed by atoms with Crippen molar-refractivity contribution in [1.29, 1.82) is 0 Å². The summed E-state index contributed by atoms with van der Waals surface area (Å²) in [6.07, 6.45) is 1.67. The van der Waals surface area contributed by atoms with Crippen LogP contribution in [0.3, 0.4) is 0 Å². The van der Waals surface area contributed by atoms with Gasteiger partial charge in [0.15, 0.2) is 17.7 Å². The molecule has 0 aromatic carbocycles. The summed E-state index contributed by atoms with van der Waals surface area (Å²) in [6.45, 7) is 8.27. The minimum atomic E-state index is -0.788. The smallest absolute Gasteiger partial charge is 0.276 e. The maximum atomic E-state index is 12.8. The van der Waals surface area contributed by atoms with Gasteiger partial charge in [-0.05, 0) is 12.8 Å². The lowest BCUT2D eigenvalue weighted by molar-refractivity contribution is 0.0436. The predicted molar refractivity (Wildman–Crippen MR) is 83.6 cm³/mol. The van der Waals surface area contributed by atoms with Crippen LogP contribution in [-0.4, -0.2) is 57.0 Å². The zero-order valence-corrected chi connectivity index (χ0v) is 13.5. The Balaban J connectivity index is 2.08. The standard InChI is InChI=1S/C16H21N3O4/c1-9(2)4-17-5-10(3)19-12(17)7-18-6-11(8-20)14(21)15(22)13(18)16(19)23/h6,8-10,12,22H,4-5,7H2,1-3H3/t10-,12?/m1/s1. The molecule has 7 heteroatoms. The summed E-state index contributed by atoms with van der Waals surface area (Å²) < 4.78 is 1.54. The molecule has 2 aliphatic rings. The van der Waals surface area contributed by atoms with Crippen molar-refractivity contribution in [2.24, 2.45) is 5.92 Å². The molecule has 1 N–H and O–H groups in total. The van der Waals surface area contributed by atoms with Gasteiger partial charge in [0, 0.05) is 25.3 Å². The third-order valence-electron chi connectivity index (χ3n) is 4.52. The molecule has 2 aliphatic heterocycles. The molecule has 0 spiro atoms. The zero-order chi connectivity index (χ0) is 16.9. The van der Waals surface area contributed by atoms with E-state index in [1.165, 1.54) is 10.8 Å². The van der Waals surface area contributed by atoms with E-state index in [2.05, 4.69) is 18.7 Å². The minimum absolute atomic E-state index is 0.0141. The zero-order valence-electron chi connectivity index (χ0n) is 13.5. The van der Waals surface area contributed by atoms with Gasteiger partial charge >= 0.3 is 0 Å². The van der Waals surface area contributed by atoms with Gasteiger partial charge in [-0.1, -0.05) is 13.8 Å². The van der Waals surface area contributed by atoms with Crippen LogP contribution >= 0.6 is 0 Å². The van der Waals surface area contributed by atoms with Crippen LogP contribution in [0.5, 0.6) is 5.75 Å². The molecule has 1 saturated heterocycles. The number of carbonyl (C=O) groups is 2. The minimum Gasteiger partial charge on any atom is -0.503 e. The Bertz CT molecular complexity index is 725. The second-order valence-electron chi connectivity index (χ2n) is 6.77. The number of pyridine rings is 1. The summed E-state index contributed by atoms with van der Waals surface area (Å²) in [5.41, 5.74) is -0.937. The van der Waals surface area contributed by atoms with E-state index < -0.39 is 11.2 Å². The number of carbonyl (C=O) groups excluding carboxylic acids is 2. The summed E-state index contributed by atoms with van der Waals surface area (Å²) in [7, 11) is 0. The van der Waals surface area contributed by atoms with Gasteiger partial charge in [-0.3, -0.25) is 19.3 Å². The van der Waals surface area contributed by atoms with Gasteiger partial charge in [-0.25, -0.2) is 0 Å². The largest absolute Gasteiger partial charge is 0.503 e. The Hall–Kier alpha value is -2.15. The number of aromatic hydroxyl groups is 1. The van der Waals surface area contributed by atoms with Crippen LogP contribution in [0, 0.1) is 5.92 Å². The summed E-state index contributed by atoms with van der Waals surface area (Å²) in [4.78, 5) is 39.7. The molecule has 1 aromatic heterocycles. The fourth-order valence-corrected chi connectivity index (χ4v) is 3.64. The Labute approximate surface area is 134 Å². The molecule has 0 aliphatic carbocycles. The number of aldehydes is 1. The van der Waals surface area contributed by atoms with Gasteiger partial charge in [0.25, 0.3) is 5.91 Å². The van der Waals surface area contributed by atoms with E-state index in [9.17, 15) is 19.5 Å². The van der Waals surface area contributed by atoms with Crippen LogP contribution in [0.4, 0.5) is 0 Å². The van der Waals surface area contributed by atoms with Crippen molar-refractivity contribution in [2.75, 3.05) is 13.1 Å². The maximum Gasteiger partial charge on any atom is 0.276 e. The molecule has 3 rings (SSSR count). The molecule has 124 valence electrons. The van der Waals surface area contributed by atoms with Crippen molar-refractivity contribution in [2.45, 2.75) is 39.5 Å². The molecule has 1 unspecified atom stereocenters. The Morgan fingerprint density at radius 1 is 1.35 bits per heavy atom. The van der Waals surface area contributed by atoms with Gasteiger partial charge in [0.1, 0.15) is 6.17 Å². The molecular weight excluding hydrogens is 298 g/mol. The fraction of sp³-hybridized carbons (Fsp3) is 0.562. The number of rotatable bonds is 3. The molecule has 1 aromatic rings. The van der Waals surface area contributed by atoms with Crippen LogP contribution in [-0.2, 0) is 6.54 Å². The Morgan fingerprint density at radius 2 is 2.04 bits per heavy atom. The first-order chi connectivity index (χ1) is 10.8. The van der Waals surface area contributed by atoms with Crippen molar-refractivity contribution < 1.29 is 14.7 Å². The van der Waals surface area contributed by atoms with E-state index >= 15 is 0 Å². The van der Waals surface area contributed by atoms with Crippen LogP contribution in [0.2, 0.25) is 0 Å². The second kappa shape index (κ2) is 5.49. The van der Waals surface area contributed by atoms with Crippen molar-refractivity contribution in [3.63, 3.8) is 0 Å². The van der Waals surface area contributed by atoms with Gasteiger partial charge in [-0.15, -0.1) is 0 Å².